The molecule has 0 N–H and O–H groups in total. The minimum Gasteiger partial charge on any atom is -0.336 e. The molecule has 0 fully saturated rings. The lowest BCUT2D eigenvalue weighted by Gasteiger charge is -2.37. The van der Waals surface area contributed by atoms with Crippen molar-refractivity contribution in [3.63, 3.8) is 0 Å². The SMILES string of the molecule is Cn1cc(C=CC(=O)N(Cc2ccc(-n3cncn3)cc2)C(Cc2ccccc2)C(=O)N2CCc3ccccc3C2)cn1. The maximum absolute atomic E-state index is 14.4. The standard InChI is InChI=1S/C34H33N7O2/c1-38-21-28(20-36-38)13-16-33(42)40(22-27-11-14-31(15-12-27)41-25-35-24-37-41)32(19-26-7-3-2-4-8-26)34(43)39-18-17-29-9-5-6-10-30(29)23-39/h2-16,20-21,24-25,32H,17-19,22-23H2,1H3. The molecule has 1 aliphatic rings. The largest absolute Gasteiger partial charge is 0.336 e. The first-order chi connectivity index (χ1) is 21.0. The molecule has 0 saturated heterocycles. The van der Waals surface area contributed by atoms with Crippen LogP contribution >= 0.6 is 0 Å². The molecule has 2 aromatic heterocycles. The fraction of sp³-hybridized carbons (Fsp3) is 0.206. The van der Waals surface area contributed by atoms with Crippen molar-refractivity contribution in [1.82, 2.24) is 34.3 Å². The van der Waals surface area contributed by atoms with Crippen molar-refractivity contribution in [1.29, 1.82) is 0 Å². The van der Waals surface area contributed by atoms with Crippen LogP contribution in [0.25, 0.3) is 11.8 Å². The van der Waals surface area contributed by atoms with E-state index in [0.717, 1.165) is 34.4 Å². The zero-order valence-electron chi connectivity index (χ0n) is 24.0. The van der Waals surface area contributed by atoms with E-state index in [1.165, 1.54) is 18.0 Å². The summed E-state index contributed by atoms with van der Waals surface area (Å²) in [6.07, 6.45) is 11.2. The Morgan fingerprint density at radius 2 is 1.70 bits per heavy atom. The first-order valence-corrected chi connectivity index (χ1v) is 14.3. The van der Waals surface area contributed by atoms with Gasteiger partial charge in [0.2, 0.25) is 11.8 Å². The summed E-state index contributed by atoms with van der Waals surface area (Å²) in [6.45, 7) is 1.41. The molecule has 3 heterocycles. The second-order valence-corrected chi connectivity index (χ2v) is 10.7. The smallest absolute Gasteiger partial charge is 0.247 e. The average molecular weight is 572 g/mol. The topological polar surface area (TPSA) is 89.2 Å². The summed E-state index contributed by atoms with van der Waals surface area (Å²) >= 11 is 0. The Morgan fingerprint density at radius 3 is 2.42 bits per heavy atom. The van der Waals surface area contributed by atoms with Gasteiger partial charge in [-0.2, -0.15) is 10.2 Å². The van der Waals surface area contributed by atoms with Gasteiger partial charge < -0.3 is 9.80 Å². The van der Waals surface area contributed by atoms with Gasteiger partial charge >= 0.3 is 0 Å². The third-order valence-electron chi connectivity index (χ3n) is 7.77. The van der Waals surface area contributed by atoms with Gasteiger partial charge in [-0.25, -0.2) is 9.67 Å². The summed E-state index contributed by atoms with van der Waals surface area (Å²) in [4.78, 5) is 36.1. The van der Waals surface area contributed by atoms with Gasteiger partial charge in [0.05, 0.1) is 11.9 Å². The van der Waals surface area contributed by atoms with E-state index in [1.807, 2.05) is 84.9 Å². The first kappa shape index (κ1) is 27.8. The predicted molar refractivity (Wildman–Crippen MR) is 164 cm³/mol. The lowest BCUT2D eigenvalue weighted by Crippen LogP contribution is -2.52. The van der Waals surface area contributed by atoms with Crippen LogP contribution in [0.2, 0.25) is 0 Å². The average Bonchev–Trinajstić information content (AvgIpc) is 3.74. The summed E-state index contributed by atoms with van der Waals surface area (Å²) in [6, 6.07) is 25.3. The van der Waals surface area contributed by atoms with E-state index in [4.69, 9.17) is 0 Å². The van der Waals surface area contributed by atoms with Crippen molar-refractivity contribution in [3.05, 3.63) is 138 Å². The van der Waals surface area contributed by atoms with Crippen molar-refractivity contribution >= 4 is 17.9 Å². The second-order valence-electron chi connectivity index (χ2n) is 10.7. The third-order valence-corrected chi connectivity index (χ3v) is 7.77. The van der Waals surface area contributed by atoms with E-state index in [2.05, 4.69) is 27.3 Å². The highest BCUT2D eigenvalue weighted by Crippen LogP contribution is 2.23. The molecule has 1 atom stereocenters. The van der Waals surface area contributed by atoms with Crippen molar-refractivity contribution in [2.24, 2.45) is 7.05 Å². The molecule has 2 amide bonds. The fourth-order valence-corrected chi connectivity index (χ4v) is 5.49. The Kier molecular flexibility index (Phi) is 8.21. The molecule has 9 nitrogen and oxygen atoms in total. The Labute approximate surface area is 250 Å². The molecule has 5 aromatic rings. The fourth-order valence-electron chi connectivity index (χ4n) is 5.49. The Bertz CT molecular complexity index is 1710. The van der Waals surface area contributed by atoms with Crippen LogP contribution in [-0.2, 0) is 42.6 Å². The second kappa shape index (κ2) is 12.7. The molecule has 9 heteroatoms. The number of hydrogen-bond acceptors (Lipinski definition) is 5. The molecule has 0 spiro atoms. The monoisotopic (exact) mass is 571 g/mol. The summed E-state index contributed by atoms with van der Waals surface area (Å²) in [5, 5.41) is 8.40. The van der Waals surface area contributed by atoms with Gasteiger partial charge in [-0.15, -0.1) is 0 Å². The normalized spacial score (nSPS) is 13.6. The number of benzene rings is 3. The molecule has 0 bridgehead atoms. The van der Waals surface area contributed by atoms with Gasteiger partial charge in [-0.05, 0) is 46.9 Å². The van der Waals surface area contributed by atoms with Gasteiger partial charge in [0.25, 0.3) is 0 Å². The quantitative estimate of drug-likeness (QED) is 0.247. The predicted octanol–water partition coefficient (Wildman–Crippen LogP) is 4.24. The highest BCUT2D eigenvalue weighted by atomic mass is 16.2. The third kappa shape index (κ3) is 6.62. The van der Waals surface area contributed by atoms with Gasteiger partial charge in [-0.1, -0.05) is 66.7 Å². The highest BCUT2D eigenvalue weighted by molar-refractivity contribution is 5.95. The minimum atomic E-state index is -0.700. The summed E-state index contributed by atoms with van der Waals surface area (Å²) < 4.78 is 3.37. The maximum Gasteiger partial charge on any atom is 0.247 e. The Morgan fingerprint density at radius 1 is 0.930 bits per heavy atom. The van der Waals surface area contributed by atoms with Crippen LogP contribution in [0.1, 0.15) is 27.8 Å². The number of rotatable bonds is 9. The first-order valence-electron chi connectivity index (χ1n) is 14.3. The molecular formula is C34H33N7O2. The number of fused-ring (bicyclic) bond motifs is 1. The zero-order valence-corrected chi connectivity index (χ0v) is 24.0. The molecule has 1 aliphatic heterocycles. The lowest BCUT2D eigenvalue weighted by molar-refractivity contribution is -0.144. The van der Waals surface area contributed by atoms with Crippen LogP contribution in [0.5, 0.6) is 0 Å². The molecular weight excluding hydrogens is 538 g/mol. The van der Waals surface area contributed by atoms with Crippen molar-refractivity contribution < 1.29 is 9.59 Å². The lowest BCUT2D eigenvalue weighted by atomic mass is 9.97. The highest BCUT2D eigenvalue weighted by Gasteiger charge is 2.34. The number of carbonyl (C=O) groups is 2. The van der Waals surface area contributed by atoms with Gasteiger partial charge in [0.15, 0.2) is 0 Å². The Hall–Kier alpha value is -5.31. The Balaban J connectivity index is 1.34. The van der Waals surface area contributed by atoms with Crippen molar-refractivity contribution in [2.45, 2.75) is 32.0 Å². The van der Waals surface area contributed by atoms with Crippen molar-refractivity contribution in [3.8, 4) is 5.69 Å². The number of aromatic nitrogens is 5. The van der Waals surface area contributed by atoms with Crippen LogP contribution in [0.4, 0.5) is 0 Å². The number of carbonyl (C=O) groups excluding carboxylic acids is 2. The van der Waals surface area contributed by atoms with Crippen LogP contribution in [-0.4, -0.2) is 58.7 Å². The van der Waals surface area contributed by atoms with Gasteiger partial charge in [-0.3, -0.25) is 14.3 Å². The number of amides is 2. The van der Waals surface area contributed by atoms with E-state index >= 15 is 0 Å². The zero-order chi connectivity index (χ0) is 29.6. The summed E-state index contributed by atoms with van der Waals surface area (Å²) in [5.41, 5.74) is 5.99. The summed E-state index contributed by atoms with van der Waals surface area (Å²) in [7, 11) is 1.83. The molecule has 6 rings (SSSR count). The molecule has 3 aromatic carbocycles. The van der Waals surface area contributed by atoms with Crippen LogP contribution in [0.3, 0.4) is 0 Å². The van der Waals surface area contributed by atoms with Crippen molar-refractivity contribution in [2.75, 3.05) is 6.54 Å². The van der Waals surface area contributed by atoms with Gasteiger partial charge in [0, 0.05) is 50.9 Å². The number of nitrogens with zero attached hydrogens (tertiary/aromatic N) is 7. The number of aryl methyl sites for hydroxylation is 1. The molecule has 1 unspecified atom stereocenters. The summed E-state index contributed by atoms with van der Waals surface area (Å²) in [5.74, 6) is -0.295. The van der Waals surface area contributed by atoms with E-state index in [-0.39, 0.29) is 18.4 Å². The van der Waals surface area contributed by atoms with Crippen LogP contribution in [0, 0.1) is 0 Å². The minimum absolute atomic E-state index is 0.0549. The maximum atomic E-state index is 14.4. The van der Waals surface area contributed by atoms with E-state index < -0.39 is 6.04 Å². The number of hydrogen-bond donors (Lipinski definition) is 0. The molecule has 0 aliphatic carbocycles. The molecule has 0 saturated carbocycles. The van der Waals surface area contributed by atoms with E-state index in [9.17, 15) is 9.59 Å². The van der Waals surface area contributed by atoms with E-state index in [0.29, 0.717) is 19.5 Å². The molecule has 216 valence electrons. The van der Waals surface area contributed by atoms with Crippen LogP contribution in [0.15, 0.2) is 110 Å². The molecule has 43 heavy (non-hydrogen) atoms. The van der Waals surface area contributed by atoms with Crippen LogP contribution < -0.4 is 0 Å². The van der Waals surface area contributed by atoms with Gasteiger partial charge in [0.1, 0.15) is 18.7 Å². The van der Waals surface area contributed by atoms with E-state index in [1.54, 1.807) is 32.9 Å². The molecule has 0 radical (unpaired) electrons.